The summed E-state index contributed by atoms with van der Waals surface area (Å²) in [6.07, 6.45) is 3.20. The molecule has 0 fully saturated rings. The van der Waals surface area contributed by atoms with Gasteiger partial charge in [-0.3, -0.25) is 9.78 Å². The van der Waals surface area contributed by atoms with Crippen LogP contribution in [-0.2, 0) is 0 Å². The van der Waals surface area contributed by atoms with E-state index in [9.17, 15) is 4.79 Å². The van der Waals surface area contributed by atoms with Gasteiger partial charge in [-0.25, -0.2) is 0 Å². The van der Waals surface area contributed by atoms with E-state index in [1.807, 2.05) is 13.0 Å². The van der Waals surface area contributed by atoms with E-state index >= 15 is 0 Å². The smallest absolute Gasteiger partial charge is 0.257 e. The fourth-order valence-electron chi connectivity index (χ4n) is 1.75. The molecular formula is C15H14N4O. The highest BCUT2D eigenvalue weighted by Gasteiger charge is 2.11. The molecule has 0 aliphatic heterocycles. The van der Waals surface area contributed by atoms with E-state index in [-0.39, 0.29) is 5.91 Å². The third-order valence-corrected chi connectivity index (χ3v) is 2.70. The summed E-state index contributed by atoms with van der Waals surface area (Å²) < 4.78 is 0. The second-order valence-electron chi connectivity index (χ2n) is 4.09. The van der Waals surface area contributed by atoms with Crippen LogP contribution >= 0.6 is 0 Å². The van der Waals surface area contributed by atoms with Crippen molar-refractivity contribution in [2.24, 2.45) is 0 Å². The van der Waals surface area contributed by atoms with Gasteiger partial charge in [0.05, 0.1) is 29.1 Å². The van der Waals surface area contributed by atoms with E-state index < -0.39 is 0 Å². The Morgan fingerprint density at radius 3 is 2.70 bits per heavy atom. The van der Waals surface area contributed by atoms with E-state index in [2.05, 4.69) is 15.6 Å². The van der Waals surface area contributed by atoms with E-state index in [1.165, 1.54) is 0 Å². The maximum Gasteiger partial charge on any atom is 0.257 e. The van der Waals surface area contributed by atoms with Crippen LogP contribution < -0.4 is 10.6 Å². The molecule has 20 heavy (non-hydrogen) atoms. The summed E-state index contributed by atoms with van der Waals surface area (Å²) in [5.74, 6) is -0.215. The largest absolute Gasteiger partial charge is 0.383 e. The fourth-order valence-corrected chi connectivity index (χ4v) is 1.75. The summed E-state index contributed by atoms with van der Waals surface area (Å²) >= 11 is 0. The Hall–Kier alpha value is -2.87. The number of nitriles is 1. The van der Waals surface area contributed by atoms with Crippen molar-refractivity contribution in [3.63, 3.8) is 0 Å². The number of carbonyl (C=O) groups excluding carboxylic acids is 1. The van der Waals surface area contributed by atoms with Gasteiger partial charge in [-0.1, -0.05) is 0 Å². The molecule has 5 nitrogen and oxygen atoms in total. The first-order chi connectivity index (χ1) is 9.74. The maximum atomic E-state index is 12.2. The lowest BCUT2D eigenvalue weighted by molar-refractivity contribution is 0.102. The Morgan fingerprint density at radius 1 is 1.30 bits per heavy atom. The van der Waals surface area contributed by atoms with Crippen molar-refractivity contribution in [3.8, 4) is 6.07 Å². The molecular weight excluding hydrogens is 252 g/mol. The van der Waals surface area contributed by atoms with Gasteiger partial charge in [0.1, 0.15) is 0 Å². The molecule has 0 aliphatic carbocycles. The lowest BCUT2D eigenvalue weighted by Crippen LogP contribution is -2.15. The first-order valence-electron chi connectivity index (χ1n) is 6.24. The van der Waals surface area contributed by atoms with Gasteiger partial charge in [0.25, 0.3) is 5.91 Å². The molecule has 2 N–H and O–H groups in total. The van der Waals surface area contributed by atoms with E-state index in [1.54, 1.807) is 42.7 Å². The first-order valence-corrected chi connectivity index (χ1v) is 6.24. The molecule has 2 rings (SSSR count). The third-order valence-electron chi connectivity index (χ3n) is 2.70. The van der Waals surface area contributed by atoms with Gasteiger partial charge in [-0.15, -0.1) is 0 Å². The minimum absolute atomic E-state index is 0.215. The average Bonchev–Trinajstić information content (AvgIpc) is 2.49. The second kappa shape index (κ2) is 6.34. The predicted molar refractivity (Wildman–Crippen MR) is 77.5 cm³/mol. The summed E-state index contributed by atoms with van der Waals surface area (Å²) in [6, 6.07) is 10.4. The molecule has 0 atom stereocenters. The number of aromatic nitrogens is 1. The fraction of sp³-hybridized carbons (Fsp3) is 0.133. The number of hydrogen-bond donors (Lipinski definition) is 2. The first kappa shape index (κ1) is 13.6. The van der Waals surface area contributed by atoms with Crippen LogP contribution in [0.2, 0.25) is 0 Å². The van der Waals surface area contributed by atoms with Crippen molar-refractivity contribution in [1.29, 1.82) is 5.26 Å². The zero-order valence-electron chi connectivity index (χ0n) is 11.1. The van der Waals surface area contributed by atoms with Crippen molar-refractivity contribution >= 4 is 17.3 Å². The van der Waals surface area contributed by atoms with Crippen LogP contribution in [0.4, 0.5) is 11.4 Å². The van der Waals surface area contributed by atoms with Gasteiger partial charge < -0.3 is 10.6 Å². The minimum Gasteiger partial charge on any atom is -0.383 e. The molecule has 5 heteroatoms. The van der Waals surface area contributed by atoms with Crippen LogP contribution in [0.3, 0.4) is 0 Å². The third kappa shape index (κ3) is 3.12. The molecule has 0 unspecified atom stereocenters. The van der Waals surface area contributed by atoms with Crippen LogP contribution in [0.25, 0.3) is 0 Å². The molecule has 100 valence electrons. The Bertz CT molecular complexity index is 644. The molecule has 1 amide bonds. The topological polar surface area (TPSA) is 77.8 Å². The normalized spacial score (nSPS) is 9.60. The van der Waals surface area contributed by atoms with E-state index in [4.69, 9.17) is 5.26 Å². The molecule has 2 aromatic rings. The van der Waals surface area contributed by atoms with Crippen LogP contribution in [-0.4, -0.2) is 17.4 Å². The quantitative estimate of drug-likeness (QED) is 0.891. The number of pyridine rings is 1. The molecule has 1 aromatic heterocycles. The summed E-state index contributed by atoms with van der Waals surface area (Å²) in [6.45, 7) is 2.66. The lowest BCUT2D eigenvalue weighted by atomic mass is 10.2. The Kier molecular flexibility index (Phi) is 4.30. The van der Waals surface area contributed by atoms with Crippen LogP contribution in [0.1, 0.15) is 22.8 Å². The van der Waals surface area contributed by atoms with E-state index in [0.29, 0.717) is 29.0 Å². The van der Waals surface area contributed by atoms with Crippen molar-refractivity contribution in [2.75, 3.05) is 17.2 Å². The molecule has 0 aliphatic rings. The van der Waals surface area contributed by atoms with Crippen LogP contribution in [0.15, 0.2) is 42.7 Å². The Balaban J connectivity index is 2.17. The van der Waals surface area contributed by atoms with Crippen molar-refractivity contribution in [3.05, 3.63) is 53.9 Å². The zero-order valence-corrected chi connectivity index (χ0v) is 11.1. The van der Waals surface area contributed by atoms with Crippen molar-refractivity contribution in [2.45, 2.75) is 6.92 Å². The molecule has 1 heterocycles. The lowest BCUT2D eigenvalue weighted by Gasteiger charge is -2.10. The number of nitrogens with one attached hydrogen (secondary N) is 2. The van der Waals surface area contributed by atoms with Gasteiger partial charge in [-0.05, 0) is 37.3 Å². The van der Waals surface area contributed by atoms with Gasteiger partial charge in [0, 0.05) is 18.4 Å². The number of nitrogens with zero attached hydrogens (tertiary/aromatic N) is 2. The van der Waals surface area contributed by atoms with Gasteiger partial charge in [-0.2, -0.15) is 5.26 Å². The second-order valence-corrected chi connectivity index (χ2v) is 4.09. The zero-order chi connectivity index (χ0) is 14.4. The molecule has 1 aromatic carbocycles. The average molecular weight is 266 g/mol. The summed E-state index contributed by atoms with van der Waals surface area (Å²) in [5.41, 5.74) is 2.43. The Labute approximate surface area is 117 Å². The molecule has 0 spiro atoms. The number of carbonyl (C=O) groups is 1. The number of hydrogen-bond acceptors (Lipinski definition) is 4. The predicted octanol–water partition coefficient (Wildman–Crippen LogP) is 2.64. The highest BCUT2D eigenvalue weighted by Crippen LogP contribution is 2.16. The number of amides is 1. The summed E-state index contributed by atoms with van der Waals surface area (Å²) in [7, 11) is 0. The maximum absolute atomic E-state index is 12.2. The highest BCUT2D eigenvalue weighted by molar-refractivity contribution is 6.07. The highest BCUT2D eigenvalue weighted by atomic mass is 16.1. The Morgan fingerprint density at radius 2 is 2.05 bits per heavy atom. The summed E-state index contributed by atoms with van der Waals surface area (Å²) in [5, 5.41) is 14.6. The standard InChI is InChI=1S/C15H14N4O/c1-2-18-14-10-17-8-7-13(14)15(20)19-12-5-3-11(9-16)4-6-12/h3-8,10,18H,2H2,1H3,(H,19,20). The number of benzene rings is 1. The van der Waals surface area contributed by atoms with Gasteiger partial charge in [0.15, 0.2) is 0 Å². The van der Waals surface area contributed by atoms with Crippen molar-refractivity contribution in [1.82, 2.24) is 4.98 Å². The van der Waals surface area contributed by atoms with Gasteiger partial charge in [0.2, 0.25) is 0 Å². The molecule has 0 saturated heterocycles. The monoisotopic (exact) mass is 266 g/mol. The minimum atomic E-state index is -0.215. The molecule has 0 radical (unpaired) electrons. The number of anilines is 2. The van der Waals surface area contributed by atoms with Crippen molar-refractivity contribution < 1.29 is 4.79 Å². The molecule has 0 bridgehead atoms. The number of rotatable bonds is 4. The summed E-state index contributed by atoms with van der Waals surface area (Å²) in [4.78, 5) is 16.2. The van der Waals surface area contributed by atoms with Crippen LogP contribution in [0.5, 0.6) is 0 Å². The SMILES string of the molecule is CCNc1cnccc1C(=O)Nc1ccc(C#N)cc1. The molecule has 0 saturated carbocycles. The van der Waals surface area contributed by atoms with E-state index in [0.717, 1.165) is 0 Å². The van der Waals surface area contributed by atoms with Gasteiger partial charge >= 0.3 is 0 Å². The van der Waals surface area contributed by atoms with Crippen LogP contribution in [0, 0.1) is 11.3 Å².